The molecule has 3 aromatic carbocycles. The zero-order valence-electron chi connectivity index (χ0n) is 20.8. The molecule has 192 valence electrons. The lowest BCUT2D eigenvalue weighted by molar-refractivity contribution is 0.0533. The minimum atomic E-state index is -0.539. The molecule has 0 unspecified atom stereocenters. The van der Waals surface area contributed by atoms with Gasteiger partial charge < -0.3 is 19.9 Å². The average molecular weight is 512 g/mol. The lowest BCUT2D eigenvalue weighted by Gasteiger charge is -2.35. The fraction of sp³-hybridized carbons (Fsp3) is 0.172. The number of nitrogens with zero attached hydrogens (tertiary/aromatic N) is 4. The second-order valence-corrected chi connectivity index (χ2v) is 8.78. The number of piperazine rings is 1. The third-order valence-electron chi connectivity index (χ3n) is 6.42. The molecule has 0 spiro atoms. The van der Waals surface area contributed by atoms with Gasteiger partial charge in [0.2, 0.25) is 0 Å². The van der Waals surface area contributed by atoms with Crippen LogP contribution < -0.4 is 10.1 Å². The first-order chi connectivity index (χ1) is 18.5. The number of aromatic nitrogens is 2. The van der Waals surface area contributed by atoms with Gasteiger partial charge in [0, 0.05) is 49.1 Å². The second-order valence-electron chi connectivity index (χ2n) is 8.78. The standard InChI is InChI=1S/C29H26FN5O3/c1-38-23-12-10-22(11-13-23)33-27-18-26(31-19-32-27)20-6-8-21(9-7-20)28(36)34-14-16-35(17-15-34)29(37)24-4-2-3-5-25(24)30/h2-13,18-19H,14-17H2,1H3,(H,31,32,33). The van der Waals surface area contributed by atoms with Crippen LogP contribution >= 0.6 is 0 Å². The van der Waals surface area contributed by atoms with Gasteiger partial charge in [0.1, 0.15) is 23.7 Å². The normalized spacial score (nSPS) is 13.2. The van der Waals surface area contributed by atoms with Gasteiger partial charge in [-0.15, -0.1) is 0 Å². The summed E-state index contributed by atoms with van der Waals surface area (Å²) in [5, 5.41) is 3.25. The van der Waals surface area contributed by atoms with Crippen LogP contribution in [0.25, 0.3) is 11.3 Å². The highest BCUT2D eigenvalue weighted by molar-refractivity contribution is 5.96. The van der Waals surface area contributed by atoms with Gasteiger partial charge in [0.25, 0.3) is 11.8 Å². The molecule has 8 nitrogen and oxygen atoms in total. The molecule has 2 amide bonds. The number of benzene rings is 3. The maximum atomic E-state index is 14.0. The Kier molecular flexibility index (Phi) is 7.26. The van der Waals surface area contributed by atoms with Gasteiger partial charge in [-0.1, -0.05) is 24.3 Å². The van der Waals surface area contributed by atoms with Crippen molar-refractivity contribution < 1.29 is 18.7 Å². The Hall–Kier alpha value is -4.79. The van der Waals surface area contributed by atoms with E-state index in [-0.39, 0.29) is 17.4 Å². The van der Waals surface area contributed by atoms with Gasteiger partial charge in [0.15, 0.2) is 0 Å². The molecule has 2 heterocycles. The van der Waals surface area contributed by atoms with Crippen molar-refractivity contribution in [1.29, 1.82) is 0 Å². The summed E-state index contributed by atoms with van der Waals surface area (Å²) >= 11 is 0. The molecular formula is C29H26FN5O3. The molecule has 9 heteroatoms. The average Bonchev–Trinajstić information content (AvgIpc) is 2.97. The number of hydrogen-bond acceptors (Lipinski definition) is 6. The van der Waals surface area contributed by atoms with E-state index in [4.69, 9.17) is 4.74 Å². The number of carbonyl (C=O) groups is 2. The molecule has 1 N–H and O–H groups in total. The van der Waals surface area contributed by atoms with Gasteiger partial charge in [-0.3, -0.25) is 9.59 Å². The highest BCUT2D eigenvalue weighted by Crippen LogP contribution is 2.23. The van der Waals surface area contributed by atoms with E-state index in [1.165, 1.54) is 18.5 Å². The van der Waals surface area contributed by atoms with Crippen molar-refractivity contribution in [2.24, 2.45) is 0 Å². The number of methoxy groups -OCH3 is 1. The smallest absolute Gasteiger partial charge is 0.256 e. The van der Waals surface area contributed by atoms with Crippen molar-refractivity contribution in [2.45, 2.75) is 0 Å². The molecule has 0 radical (unpaired) electrons. The summed E-state index contributed by atoms with van der Waals surface area (Å²) in [6.07, 6.45) is 1.49. The van der Waals surface area contributed by atoms with Crippen LogP contribution in [-0.2, 0) is 0 Å². The first-order valence-electron chi connectivity index (χ1n) is 12.2. The van der Waals surface area contributed by atoms with Crippen molar-refractivity contribution in [3.8, 4) is 17.0 Å². The third-order valence-corrected chi connectivity index (χ3v) is 6.42. The number of anilines is 2. The van der Waals surface area contributed by atoms with Crippen molar-refractivity contribution in [3.05, 3.63) is 102 Å². The van der Waals surface area contributed by atoms with Gasteiger partial charge in [-0.25, -0.2) is 14.4 Å². The summed E-state index contributed by atoms with van der Waals surface area (Å²) in [5.74, 6) is 0.405. The SMILES string of the molecule is COc1ccc(Nc2cc(-c3ccc(C(=O)N4CCN(C(=O)c5ccccc5F)CC4)cc3)ncn2)cc1. The van der Waals surface area contributed by atoms with E-state index >= 15 is 0 Å². The molecular weight excluding hydrogens is 485 g/mol. The van der Waals surface area contributed by atoms with E-state index in [0.29, 0.717) is 37.6 Å². The van der Waals surface area contributed by atoms with E-state index in [2.05, 4.69) is 15.3 Å². The fourth-order valence-corrected chi connectivity index (χ4v) is 4.29. The molecule has 0 aliphatic carbocycles. The van der Waals surface area contributed by atoms with E-state index in [0.717, 1.165) is 22.7 Å². The van der Waals surface area contributed by atoms with Crippen LogP contribution in [0.1, 0.15) is 20.7 Å². The van der Waals surface area contributed by atoms with E-state index in [9.17, 15) is 14.0 Å². The van der Waals surface area contributed by atoms with Gasteiger partial charge in [0.05, 0.1) is 18.4 Å². The Morgan fingerprint density at radius 2 is 1.50 bits per heavy atom. The molecule has 1 saturated heterocycles. The quantitative estimate of drug-likeness (QED) is 0.406. The molecule has 0 bridgehead atoms. The zero-order chi connectivity index (χ0) is 26.5. The van der Waals surface area contributed by atoms with Crippen molar-refractivity contribution in [3.63, 3.8) is 0 Å². The number of nitrogens with one attached hydrogen (secondary N) is 1. The topological polar surface area (TPSA) is 87.7 Å². The van der Waals surface area contributed by atoms with Crippen LogP contribution in [0.3, 0.4) is 0 Å². The van der Waals surface area contributed by atoms with Gasteiger partial charge >= 0.3 is 0 Å². The molecule has 0 atom stereocenters. The molecule has 38 heavy (non-hydrogen) atoms. The van der Waals surface area contributed by atoms with E-state index in [1.807, 2.05) is 42.5 Å². The minimum absolute atomic E-state index is 0.0509. The number of amides is 2. The summed E-state index contributed by atoms with van der Waals surface area (Å²) in [6, 6.07) is 22.6. The molecule has 1 aliphatic rings. The van der Waals surface area contributed by atoms with Crippen LogP contribution in [0.2, 0.25) is 0 Å². The Morgan fingerprint density at radius 3 is 2.16 bits per heavy atom. The number of ether oxygens (including phenoxy) is 1. The first-order valence-corrected chi connectivity index (χ1v) is 12.2. The number of halogens is 1. The summed E-state index contributed by atoms with van der Waals surface area (Å²) < 4.78 is 19.2. The maximum absolute atomic E-state index is 14.0. The van der Waals surface area contributed by atoms with Gasteiger partial charge in [-0.2, -0.15) is 0 Å². The van der Waals surface area contributed by atoms with Crippen LogP contribution in [0, 0.1) is 5.82 Å². The number of rotatable bonds is 6. The Labute approximate surface area is 219 Å². The predicted octanol–water partition coefficient (Wildman–Crippen LogP) is 4.63. The predicted molar refractivity (Wildman–Crippen MR) is 142 cm³/mol. The summed E-state index contributed by atoms with van der Waals surface area (Å²) in [5.41, 5.74) is 3.03. The molecule has 0 saturated carbocycles. The van der Waals surface area contributed by atoms with Crippen LogP contribution in [0.4, 0.5) is 15.9 Å². The van der Waals surface area contributed by atoms with Crippen molar-refractivity contribution >= 4 is 23.3 Å². The Balaban J connectivity index is 1.21. The molecule has 4 aromatic rings. The zero-order valence-corrected chi connectivity index (χ0v) is 20.8. The number of carbonyl (C=O) groups excluding carboxylic acids is 2. The minimum Gasteiger partial charge on any atom is -0.497 e. The lowest BCUT2D eigenvalue weighted by atomic mass is 10.1. The first kappa shape index (κ1) is 24.9. The fourth-order valence-electron chi connectivity index (χ4n) is 4.29. The van der Waals surface area contributed by atoms with Crippen LogP contribution in [0.15, 0.2) is 85.2 Å². The molecule has 1 aromatic heterocycles. The highest BCUT2D eigenvalue weighted by Gasteiger charge is 2.26. The number of hydrogen-bond donors (Lipinski definition) is 1. The summed E-state index contributed by atoms with van der Waals surface area (Å²) in [4.78, 5) is 37.7. The molecule has 1 aliphatic heterocycles. The van der Waals surface area contributed by atoms with Crippen molar-refractivity contribution in [1.82, 2.24) is 19.8 Å². The van der Waals surface area contributed by atoms with Crippen LogP contribution in [0.5, 0.6) is 5.75 Å². The highest BCUT2D eigenvalue weighted by atomic mass is 19.1. The lowest BCUT2D eigenvalue weighted by Crippen LogP contribution is -2.50. The third kappa shape index (κ3) is 5.46. The molecule has 1 fully saturated rings. The van der Waals surface area contributed by atoms with Crippen LogP contribution in [-0.4, -0.2) is 64.9 Å². The van der Waals surface area contributed by atoms with Gasteiger partial charge in [-0.05, 0) is 48.5 Å². The van der Waals surface area contributed by atoms with E-state index in [1.54, 1.807) is 41.2 Å². The van der Waals surface area contributed by atoms with Crippen molar-refractivity contribution in [2.75, 3.05) is 38.6 Å². The maximum Gasteiger partial charge on any atom is 0.256 e. The summed E-state index contributed by atoms with van der Waals surface area (Å²) in [7, 11) is 1.62. The second kappa shape index (κ2) is 11.1. The Morgan fingerprint density at radius 1 is 0.842 bits per heavy atom. The largest absolute Gasteiger partial charge is 0.497 e. The Bertz CT molecular complexity index is 1440. The monoisotopic (exact) mass is 511 g/mol. The molecule has 5 rings (SSSR count). The summed E-state index contributed by atoms with van der Waals surface area (Å²) in [6.45, 7) is 1.46. The van der Waals surface area contributed by atoms with E-state index < -0.39 is 5.82 Å².